The van der Waals surface area contributed by atoms with E-state index in [1.165, 1.54) is 6.92 Å². The Kier molecular flexibility index (Phi) is 4.63. The number of amides is 1. The van der Waals surface area contributed by atoms with Gasteiger partial charge < -0.3 is 0 Å². The Bertz CT molecular complexity index is 432. The highest BCUT2D eigenvalue weighted by molar-refractivity contribution is 5.86. The number of rotatable bonds is 4. The zero-order valence-electron chi connectivity index (χ0n) is 10.1. The van der Waals surface area contributed by atoms with Gasteiger partial charge in [-0.3, -0.25) is 10.1 Å². The van der Waals surface area contributed by atoms with Crippen molar-refractivity contribution in [2.75, 3.05) is 5.32 Å². The van der Waals surface area contributed by atoms with Crippen molar-refractivity contribution in [2.45, 2.75) is 39.3 Å². The Hall–Kier alpha value is -1.66. The van der Waals surface area contributed by atoms with Crippen molar-refractivity contribution in [1.82, 2.24) is 9.97 Å². The summed E-state index contributed by atoms with van der Waals surface area (Å²) in [4.78, 5) is 18.0. The standard InChI is InChI=1S/C11H14F3N3O/c1-3-4-5-8-6-9(11(12,13)14)17-10(16-8)15-7(2)18/h6H,3-5H2,1-2H3,(H,15,16,17,18). The molecule has 1 amide bonds. The summed E-state index contributed by atoms with van der Waals surface area (Å²) in [7, 11) is 0. The van der Waals surface area contributed by atoms with Crippen molar-refractivity contribution in [3.05, 3.63) is 17.5 Å². The number of alkyl halides is 3. The molecule has 18 heavy (non-hydrogen) atoms. The lowest BCUT2D eigenvalue weighted by Crippen LogP contribution is -2.15. The normalized spacial score (nSPS) is 11.4. The number of unbranched alkanes of at least 4 members (excludes halogenated alkanes) is 1. The molecule has 0 aliphatic carbocycles. The molecule has 100 valence electrons. The number of anilines is 1. The van der Waals surface area contributed by atoms with E-state index in [2.05, 4.69) is 15.3 Å². The second-order valence-electron chi connectivity index (χ2n) is 3.85. The van der Waals surface area contributed by atoms with E-state index in [0.717, 1.165) is 18.9 Å². The van der Waals surface area contributed by atoms with Gasteiger partial charge in [0.25, 0.3) is 0 Å². The smallest absolute Gasteiger partial charge is 0.295 e. The third-order valence-electron chi connectivity index (χ3n) is 2.14. The van der Waals surface area contributed by atoms with Crippen LogP contribution < -0.4 is 5.32 Å². The highest BCUT2D eigenvalue weighted by Crippen LogP contribution is 2.28. The largest absolute Gasteiger partial charge is 0.433 e. The SMILES string of the molecule is CCCCc1cc(C(F)(F)F)nc(NC(C)=O)n1. The van der Waals surface area contributed by atoms with Gasteiger partial charge in [-0.1, -0.05) is 13.3 Å². The second kappa shape index (κ2) is 5.79. The lowest BCUT2D eigenvalue weighted by atomic mass is 10.2. The molecule has 1 rings (SSSR count). The van der Waals surface area contributed by atoms with Gasteiger partial charge in [0.1, 0.15) is 5.69 Å². The molecule has 0 aliphatic rings. The van der Waals surface area contributed by atoms with E-state index in [9.17, 15) is 18.0 Å². The molecule has 0 radical (unpaired) electrons. The topological polar surface area (TPSA) is 54.9 Å². The second-order valence-corrected chi connectivity index (χ2v) is 3.85. The minimum Gasteiger partial charge on any atom is -0.295 e. The Morgan fingerprint density at radius 1 is 1.39 bits per heavy atom. The van der Waals surface area contributed by atoms with Crippen LogP contribution in [0.25, 0.3) is 0 Å². The zero-order chi connectivity index (χ0) is 13.8. The summed E-state index contributed by atoms with van der Waals surface area (Å²) in [5.74, 6) is -0.806. The van der Waals surface area contributed by atoms with Gasteiger partial charge in [-0.15, -0.1) is 0 Å². The summed E-state index contributed by atoms with van der Waals surface area (Å²) in [6.45, 7) is 3.12. The van der Waals surface area contributed by atoms with Gasteiger partial charge in [0, 0.05) is 12.6 Å². The molecule has 0 unspecified atom stereocenters. The fourth-order valence-corrected chi connectivity index (χ4v) is 1.34. The fourth-order valence-electron chi connectivity index (χ4n) is 1.34. The van der Waals surface area contributed by atoms with Crippen LogP contribution in [0.5, 0.6) is 0 Å². The molecule has 0 saturated carbocycles. The molecule has 0 fully saturated rings. The molecule has 1 N–H and O–H groups in total. The lowest BCUT2D eigenvalue weighted by molar-refractivity contribution is -0.141. The van der Waals surface area contributed by atoms with Crippen LogP contribution in [-0.2, 0) is 17.4 Å². The van der Waals surface area contributed by atoms with Crippen molar-refractivity contribution >= 4 is 11.9 Å². The van der Waals surface area contributed by atoms with Crippen LogP contribution in [-0.4, -0.2) is 15.9 Å². The van der Waals surface area contributed by atoms with Gasteiger partial charge in [0.15, 0.2) is 0 Å². The number of carbonyl (C=O) groups excluding carboxylic acids is 1. The third-order valence-corrected chi connectivity index (χ3v) is 2.14. The molecule has 7 heteroatoms. The number of aromatic nitrogens is 2. The first kappa shape index (κ1) is 14.4. The van der Waals surface area contributed by atoms with Crippen LogP contribution in [0.3, 0.4) is 0 Å². The van der Waals surface area contributed by atoms with Crippen LogP contribution in [0.1, 0.15) is 38.1 Å². The van der Waals surface area contributed by atoms with E-state index in [4.69, 9.17) is 0 Å². The number of carbonyl (C=O) groups is 1. The first-order valence-electron chi connectivity index (χ1n) is 5.55. The van der Waals surface area contributed by atoms with Gasteiger partial charge in [0.05, 0.1) is 0 Å². The molecule has 0 atom stereocenters. The molecule has 1 aromatic rings. The summed E-state index contributed by atoms with van der Waals surface area (Å²) in [6, 6.07) is 0.918. The van der Waals surface area contributed by atoms with Crippen molar-refractivity contribution in [1.29, 1.82) is 0 Å². The number of aryl methyl sites for hydroxylation is 1. The molecule has 0 aliphatic heterocycles. The predicted octanol–water partition coefficient (Wildman–Crippen LogP) is 2.80. The Labute approximate surface area is 103 Å². The van der Waals surface area contributed by atoms with E-state index in [1.807, 2.05) is 6.92 Å². The number of hydrogen-bond acceptors (Lipinski definition) is 3. The first-order chi connectivity index (χ1) is 8.32. The van der Waals surface area contributed by atoms with Crippen LogP contribution in [0.15, 0.2) is 6.07 Å². The minimum absolute atomic E-state index is 0.280. The third kappa shape index (κ3) is 4.31. The number of nitrogens with zero attached hydrogens (tertiary/aromatic N) is 2. The summed E-state index contributed by atoms with van der Waals surface area (Å²) >= 11 is 0. The Morgan fingerprint density at radius 3 is 2.56 bits per heavy atom. The van der Waals surface area contributed by atoms with E-state index in [1.54, 1.807) is 0 Å². The van der Waals surface area contributed by atoms with Crippen LogP contribution >= 0.6 is 0 Å². The number of hydrogen-bond donors (Lipinski definition) is 1. The van der Waals surface area contributed by atoms with Gasteiger partial charge in [0.2, 0.25) is 11.9 Å². The van der Waals surface area contributed by atoms with E-state index >= 15 is 0 Å². The highest BCUT2D eigenvalue weighted by Gasteiger charge is 2.33. The van der Waals surface area contributed by atoms with E-state index < -0.39 is 17.8 Å². The first-order valence-corrected chi connectivity index (χ1v) is 5.55. The Morgan fingerprint density at radius 2 is 2.06 bits per heavy atom. The average Bonchev–Trinajstić information content (AvgIpc) is 2.24. The van der Waals surface area contributed by atoms with Gasteiger partial charge in [-0.25, -0.2) is 9.97 Å². The summed E-state index contributed by atoms with van der Waals surface area (Å²) in [6.07, 6.45) is -2.54. The number of halogens is 3. The molecular formula is C11H14F3N3O. The molecule has 0 saturated heterocycles. The monoisotopic (exact) mass is 261 g/mol. The van der Waals surface area contributed by atoms with Crippen LogP contribution in [0, 0.1) is 0 Å². The highest BCUT2D eigenvalue weighted by atomic mass is 19.4. The molecule has 4 nitrogen and oxygen atoms in total. The quantitative estimate of drug-likeness (QED) is 0.906. The molecule has 0 bridgehead atoms. The maximum Gasteiger partial charge on any atom is 0.433 e. The average molecular weight is 261 g/mol. The van der Waals surface area contributed by atoms with Crippen LogP contribution in [0.2, 0.25) is 0 Å². The minimum atomic E-state index is -4.54. The van der Waals surface area contributed by atoms with Crippen LogP contribution in [0.4, 0.5) is 19.1 Å². The van der Waals surface area contributed by atoms with Crippen molar-refractivity contribution in [3.8, 4) is 0 Å². The predicted molar refractivity (Wildman–Crippen MR) is 59.9 cm³/mol. The van der Waals surface area contributed by atoms with Crippen molar-refractivity contribution in [3.63, 3.8) is 0 Å². The summed E-state index contributed by atoms with van der Waals surface area (Å²) in [5, 5.41) is 2.17. The molecule has 0 spiro atoms. The Balaban J connectivity index is 3.07. The molecule has 1 heterocycles. The van der Waals surface area contributed by atoms with Crippen molar-refractivity contribution < 1.29 is 18.0 Å². The molecule has 1 aromatic heterocycles. The maximum atomic E-state index is 12.6. The van der Waals surface area contributed by atoms with Gasteiger partial charge in [-0.05, 0) is 18.9 Å². The molecule has 0 aromatic carbocycles. The summed E-state index contributed by atoms with van der Waals surface area (Å²) < 4.78 is 37.8. The van der Waals surface area contributed by atoms with Gasteiger partial charge in [-0.2, -0.15) is 13.2 Å². The van der Waals surface area contributed by atoms with Gasteiger partial charge >= 0.3 is 6.18 Å². The number of nitrogens with one attached hydrogen (secondary N) is 1. The molecular weight excluding hydrogens is 247 g/mol. The maximum absolute atomic E-state index is 12.6. The van der Waals surface area contributed by atoms with Crippen molar-refractivity contribution in [2.24, 2.45) is 0 Å². The zero-order valence-corrected chi connectivity index (χ0v) is 10.1. The lowest BCUT2D eigenvalue weighted by Gasteiger charge is -2.10. The van der Waals surface area contributed by atoms with E-state index in [-0.39, 0.29) is 11.6 Å². The summed E-state index contributed by atoms with van der Waals surface area (Å²) in [5.41, 5.74) is -0.754. The fraction of sp³-hybridized carbons (Fsp3) is 0.545. The van der Waals surface area contributed by atoms with E-state index in [0.29, 0.717) is 6.42 Å².